The average Bonchev–Trinajstić information content (AvgIpc) is 2.70. The van der Waals surface area contributed by atoms with E-state index in [1.54, 1.807) is 0 Å². The van der Waals surface area contributed by atoms with Gasteiger partial charge in [0, 0.05) is 4.47 Å². The van der Waals surface area contributed by atoms with Gasteiger partial charge >= 0.3 is 6.18 Å². The highest BCUT2D eigenvalue weighted by Gasteiger charge is 2.31. The third-order valence-electron chi connectivity index (χ3n) is 2.78. The quantitative estimate of drug-likeness (QED) is 0.898. The summed E-state index contributed by atoms with van der Waals surface area (Å²) in [5, 5.41) is 7.57. The number of nitrogens with zero attached hydrogens (tertiary/aromatic N) is 3. The Morgan fingerprint density at radius 2 is 1.95 bits per heavy atom. The van der Waals surface area contributed by atoms with Crippen LogP contribution >= 0.6 is 15.9 Å². The molecule has 0 aliphatic heterocycles. The van der Waals surface area contributed by atoms with Gasteiger partial charge in [-0.1, -0.05) is 19.1 Å². The van der Waals surface area contributed by atoms with Crippen molar-refractivity contribution in [3.8, 4) is 5.69 Å². The highest BCUT2D eigenvalue weighted by molar-refractivity contribution is 9.10. The fraction of sp³-hybridized carbons (Fsp3) is 0.333. The Kier molecular flexibility index (Phi) is 3.77. The Morgan fingerprint density at radius 3 is 2.50 bits per heavy atom. The number of benzene rings is 1. The molecule has 0 radical (unpaired) electrons. The Balaban J connectivity index is 2.64. The van der Waals surface area contributed by atoms with Crippen molar-refractivity contribution in [3.05, 3.63) is 33.9 Å². The first kappa shape index (κ1) is 14.8. The zero-order chi connectivity index (χ0) is 15.1. The van der Waals surface area contributed by atoms with Crippen LogP contribution in [0.4, 0.5) is 19.0 Å². The smallest absolute Gasteiger partial charge is 0.381 e. The van der Waals surface area contributed by atoms with Crippen molar-refractivity contribution in [2.45, 2.75) is 25.9 Å². The van der Waals surface area contributed by atoms with Gasteiger partial charge in [0.25, 0.3) is 0 Å². The van der Waals surface area contributed by atoms with Crippen LogP contribution in [0, 0.1) is 0 Å². The number of rotatable bonds is 2. The molecule has 0 saturated heterocycles. The Morgan fingerprint density at radius 1 is 1.30 bits per heavy atom. The molecule has 1 aromatic carbocycles. The minimum Gasteiger partial charge on any atom is -0.381 e. The number of aromatic nitrogens is 3. The highest BCUT2D eigenvalue weighted by Crippen LogP contribution is 2.34. The topological polar surface area (TPSA) is 56.7 Å². The summed E-state index contributed by atoms with van der Waals surface area (Å²) >= 11 is 3.23. The second kappa shape index (κ2) is 5.08. The largest absolute Gasteiger partial charge is 0.416 e. The molecule has 0 aliphatic rings. The summed E-state index contributed by atoms with van der Waals surface area (Å²) in [5.74, 6) is 0.191. The fourth-order valence-electron chi connectivity index (χ4n) is 1.87. The molecule has 4 nitrogen and oxygen atoms in total. The van der Waals surface area contributed by atoms with Crippen molar-refractivity contribution in [1.29, 1.82) is 0 Å². The number of nitrogens with two attached hydrogens (primary N) is 1. The summed E-state index contributed by atoms with van der Waals surface area (Å²) in [6.07, 6.45) is -4.42. The maximum Gasteiger partial charge on any atom is 0.416 e. The molecule has 0 saturated carbocycles. The molecule has 8 heteroatoms. The number of anilines is 1. The lowest BCUT2D eigenvalue weighted by Gasteiger charge is -2.13. The van der Waals surface area contributed by atoms with Crippen LogP contribution in [0.25, 0.3) is 5.69 Å². The molecular formula is C12H12BrF3N4. The molecule has 1 aromatic heterocycles. The van der Waals surface area contributed by atoms with Crippen molar-refractivity contribution in [2.75, 3.05) is 5.73 Å². The summed E-state index contributed by atoms with van der Waals surface area (Å²) in [7, 11) is 0. The van der Waals surface area contributed by atoms with Gasteiger partial charge in [-0.25, -0.2) is 4.68 Å². The molecule has 0 bridgehead atoms. The Hall–Kier alpha value is -1.57. The second-order valence-electron chi connectivity index (χ2n) is 4.59. The molecule has 2 N–H and O–H groups in total. The summed E-state index contributed by atoms with van der Waals surface area (Å²) in [6, 6.07) is 3.35. The van der Waals surface area contributed by atoms with Gasteiger partial charge in [0.1, 0.15) is 0 Å². The number of hydrogen-bond acceptors (Lipinski definition) is 3. The van der Waals surface area contributed by atoms with Crippen LogP contribution in [-0.2, 0) is 6.18 Å². The lowest BCUT2D eigenvalue weighted by atomic mass is 10.1. The zero-order valence-electron chi connectivity index (χ0n) is 10.7. The van der Waals surface area contributed by atoms with Gasteiger partial charge in [0.15, 0.2) is 5.82 Å². The van der Waals surface area contributed by atoms with E-state index in [0.29, 0.717) is 10.2 Å². The van der Waals surface area contributed by atoms with Crippen LogP contribution in [0.1, 0.15) is 31.0 Å². The normalized spacial score (nSPS) is 12.2. The molecule has 2 rings (SSSR count). The molecule has 0 spiro atoms. The van der Waals surface area contributed by atoms with Gasteiger partial charge < -0.3 is 5.73 Å². The Bertz CT molecular complexity index is 634. The fourth-order valence-corrected chi connectivity index (χ4v) is 2.28. The second-order valence-corrected chi connectivity index (χ2v) is 5.44. The van der Waals surface area contributed by atoms with E-state index in [-0.39, 0.29) is 17.4 Å². The first-order valence-electron chi connectivity index (χ1n) is 5.80. The number of nitrogen functional groups attached to an aromatic ring is 1. The number of halogens is 4. The molecule has 0 amide bonds. The summed E-state index contributed by atoms with van der Waals surface area (Å²) in [4.78, 5) is 0. The van der Waals surface area contributed by atoms with E-state index in [1.807, 2.05) is 13.8 Å². The van der Waals surface area contributed by atoms with Crippen LogP contribution < -0.4 is 5.73 Å². The monoisotopic (exact) mass is 348 g/mol. The SMILES string of the molecule is CC(C)c1c(N)nnn1-c1cc(C(F)(F)F)ccc1Br. The predicted molar refractivity (Wildman–Crippen MR) is 72.6 cm³/mol. The predicted octanol–water partition coefficient (Wildman–Crippen LogP) is 3.75. The molecule has 0 aliphatic carbocycles. The average molecular weight is 349 g/mol. The molecule has 0 fully saturated rings. The Labute approximate surface area is 121 Å². The van der Waals surface area contributed by atoms with Crippen LogP contribution in [0.5, 0.6) is 0 Å². The lowest BCUT2D eigenvalue weighted by Crippen LogP contribution is -2.10. The molecule has 20 heavy (non-hydrogen) atoms. The van der Waals surface area contributed by atoms with Gasteiger partial charge in [0.2, 0.25) is 0 Å². The van der Waals surface area contributed by atoms with E-state index in [2.05, 4.69) is 26.2 Å². The van der Waals surface area contributed by atoms with Crippen LogP contribution in [0.3, 0.4) is 0 Å². The first-order chi connectivity index (χ1) is 9.21. The summed E-state index contributed by atoms with van der Waals surface area (Å²) < 4.78 is 40.2. The number of hydrogen-bond donors (Lipinski definition) is 1. The highest BCUT2D eigenvalue weighted by atomic mass is 79.9. The molecular weight excluding hydrogens is 337 g/mol. The van der Waals surface area contributed by atoms with Crippen LogP contribution in [-0.4, -0.2) is 15.0 Å². The van der Waals surface area contributed by atoms with Crippen molar-refractivity contribution in [1.82, 2.24) is 15.0 Å². The standard InChI is InChI=1S/C12H12BrF3N4/c1-6(2)10-11(17)18-19-20(10)9-5-7(12(14,15)16)3-4-8(9)13/h3-6H,17H2,1-2H3. The van der Waals surface area contributed by atoms with Crippen LogP contribution in [0.15, 0.2) is 22.7 Å². The number of alkyl halides is 3. The van der Waals surface area contributed by atoms with Crippen molar-refractivity contribution < 1.29 is 13.2 Å². The van der Waals surface area contributed by atoms with Gasteiger partial charge in [-0.15, -0.1) is 5.10 Å². The lowest BCUT2D eigenvalue weighted by molar-refractivity contribution is -0.137. The minimum atomic E-state index is -4.42. The van der Waals surface area contributed by atoms with Crippen molar-refractivity contribution in [3.63, 3.8) is 0 Å². The van der Waals surface area contributed by atoms with E-state index in [1.165, 1.54) is 10.7 Å². The first-order valence-corrected chi connectivity index (χ1v) is 6.59. The molecule has 108 valence electrons. The van der Waals surface area contributed by atoms with Gasteiger partial charge in [0.05, 0.1) is 16.9 Å². The third-order valence-corrected chi connectivity index (χ3v) is 3.45. The zero-order valence-corrected chi connectivity index (χ0v) is 12.3. The van der Waals surface area contributed by atoms with E-state index < -0.39 is 11.7 Å². The summed E-state index contributed by atoms with van der Waals surface area (Å²) in [6.45, 7) is 3.74. The van der Waals surface area contributed by atoms with E-state index in [0.717, 1.165) is 12.1 Å². The maximum absolute atomic E-state index is 12.8. The summed E-state index contributed by atoms with van der Waals surface area (Å²) in [5.41, 5.74) is 5.80. The van der Waals surface area contributed by atoms with Crippen molar-refractivity contribution >= 4 is 21.7 Å². The van der Waals surface area contributed by atoms with Gasteiger partial charge in [-0.2, -0.15) is 13.2 Å². The molecule has 1 heterocycles. The molecule has 2 aromatic rings. The molecule has 0 unspecified atom stereocenters. The van der Waals surface area contributed by atoms with Crippen LogP contribution in [0.2, 0.25) is 0 Å². The maximum atomic E-state index is 12.8. The third kappa shape index (κ3) is 2.65. The van der Waals surface area contributed by atoms with E-state index >= 15 is 0 Å². The van der Waals surface area contributed by atoms with E-state index in [4.69, 9.17) is 5.73 Å². The van der Waals surface area contributed by atoms with Gasteiger partial charge in [-0.3, -0.25) is 0 Å². The van der Waals surface area contributed by atoms with Crippen molar-refractivity contribution in [2.24, 2.45) is 0 Å². The van der Waals surface area contributed by atoms with Gasteiger partial charge in [-0.05, 0) is 40.0 Å². The molecule has 0 atom stereocenters. The van der Waals surface area contributed by atoms with E-state index in [9.17, 15) is 13.2 Å². The minimum absolute atomic E-state index is 0.0218.